The third-order valence-corrected chi connectivity index (χ3v) is 4.43. The van der Waals surface area contributed by atoms with Gasteiger partial charge in [-0.25, -0.2) is 4.98 Å². The zero-order valence-electron chi connectivity index (χ0n) is 10.2. The zero-order chi connectivity index (χ0) is 13.0. The Kier molecular flexibility index (Phi) is 4.72. The molecule has 1 unspecified atom stereocenters. The van der Waals surface area contributed by atoms with Crippen LogP contribution in [0.4, 0.5) is 5.82 Å². The molecule has 1 aliphatic rings. The maximum Gasteiger partial charge on any atom is 0.271 e. The van der Waals surface area contributed by atoms with E-state index in [4.69, 9.17) is 11.6 Å². The normalized spacial score (nSPS) is 18.7. The maximum atomic E-state index is 12.0. The van der Waals surface area contributed by atoms with E-state index in [0.29, 0.717) is 23.3 Å². The summed E-state index contributed by atoms with van der Waals surface area (Å²) in [4.78, 5) is 16.2. The van der Waals surface area contributed by atoms with Crippen molar-refractivity contribution >= 4 is 35.1 Å². The maximum absolute atomic E-state index is 12.0. The number of pyridine rings is 1. The first-order chi connectivity index (χ1) is 8.70. The van der Waals surface area contributed by atoms with E-state index >= 15 is 0 Å². The van der Waals surface area contributed by atoms with Gasteiger partial charge in [-0.15, -0.1) is 0 Å². The van der Waals surface area contributed by atoms with Crippen LogP contribution in [-0.2, 0) is 0 Å². The van der Waals surface area contributed by atoms with E-state index in [-0.39, 0.29) is 11.6 Å². The lowest BCUT2D eigenvalue weighted by molar-refractivity contribution is 0.0944. The number of nitrogens with zero attached hydrogens (tertiary/aromatic N) is 1. The van der Waals surface area contributed by atoms with Crippen LogP contribution in [0, 0.1) is 5.92 Å². The Hall–Kier alpha value is -0.940. The Labute approximate surface area is 116 Å². The number of amides is 1. The molecular weight excluding hydrogens is 270 g/mol. The van der Waals surface area contributed by atoms with Crippen molar-refractivity contribution in [2.75, 3.05) is 30.4 Å². The van der Waals surface area contributed by atoms with Crippen LogP contribution in [-0.4, -0.2) is 36.0 Å². The summed E-state index contributed by atoms with van der Waals surface area (Å²) in [5, 5.41) is 6.18. The molecule has 2 rings (SSSR count). The fourth-order valence-corrected chi connectivity index (χ4v) is 3.28. The van der Waals surface area contributed by atoms with Gasteiger partial charge in [-0.2, -0.15) is 11.8 Å². The molecule has 1 aromatic heterocycles. The smallest absolute Gasteiger partial charge is 0.271 e. The van der Waals surface area contributed by atoms with Crippen LogP contribution in [0.25, 0.3) is 0 Å². The fourth-order valence-electron chi connectivity index (χ4n) is 1.81. The van der Waals surface area contributed by atoms with E-state index in [1.165, 1.54) is 12.2 Å². The largest absolute Gasteiger partial charge is 0.373 e. The first kappa shape index (κ1) is 13.5. The molecule has 1 aromatic rings. The third kappa shape index (κ3) is 3.29. The summed E-state index contributed by atoms with van der Waals surface area (Å²) in [7, 11) is 1.76. The predicted octanol–water partition coefficient (Wildman–Crippen LogP) is 2.26. The number of nitrogens with one attached hydrogen (secondary N) is 2. The van der Waals surface area contributed by atoms with Crippen molar-refractivity contribution in [1.29, 1.82) is 0 Å². The quantitative estimate of drug-likeness (QED) is 0.891. The van der Waals surface area contributed by atoms with Crippen molar-refractivity contribution in [1.82, 2.24) is 10.3 Å². The van der Waals surface area contributed by atoms with Gasteiger partial charge in [-0.3, -0.25) is 4.79 Å². The van der Waals surface area contributed by atoms with Gasteiger partial charge in [0.1, 0.15) is 11.5 Å². The summed E-state index contributed by atoms with van der Waals surface area (Å²) >= 11 is 7.92. The van der Waals surface area contributed by atoms with E-state index < -0.39 is 0 Å². The minimum Gasteiger partial charge on any atom is -0.373 e. The average Bonchev–Trinajstić information content (AvgIpc) is 2.89. The first-order valence-electron chi connectivity index (χ1n) is 5.91. The number of thioether (sulfide) groups is 1. The van der Waals surface area contributed by atoms with Gasteiger partial charge in [-0.05, 0) is 36.0 Å². The molecule has 0 saturated carbocycles. The number of rotatable bonds is 4. The summed E-state index contributed by atoms with van der Waals surface area (Å²) in [6.07, 6.45) is 1.17. The molecule has 18 heavy (non-hydrogen) atoms. The van der Waals surface area contributed by atoms with Gasteiger partial charge in [0, 0.05) is 13.6 Å². The molecule has 1 amide bonds. The lowest BCUT2D eigenvalue weighted by Crippen LogP contribution is -2.30. The van der Waals surface area contributed by atoms with Crippen molar-refractivity contribution in [2.45, 2.75) is 6.42 Å². The molecule has 0 radical (unpaired) electrons. The van der Waals surface area contributed by atoms with Crippen molar-refractivity contribution in [3.8, 4) is 0 Å². The highest BCUT2D eigenvalue weighted by molar-refractivity contribution is 7.99. The highest BCUT2D eigenvalue weighted by Crippen LogP contribution is 2.23. The molecule has 1 saturated heterocycles. The average molecular weight is 286 g/mol. The van der Waals surface area contributed by atoms with Gasteiger partial charge < -0.3 is 10.6 Å². The van der Waals surface area contributed by atoms with Crippen LogP contribution in [0.1, 0.15) is 16.9 Å². The lowest BCUT2D eigenvalue weighted by Gasteiger charge is -2.11. The predicted molar refractivity (Wildman–Crippen MR) is 76.6 cm³/mol. The van der Waals surface area contributed by atoms with Gasteiger partial charge in [0.25, 0.3) is 5.91 Å². The zero-order valence-corrected chi connectivity index (χ0v) is 11.8. The molecule has 1 aliphatic heterocycles. The molecule has 0 spiro atoms. The molecule has 4 nitrogen and oxygen atoms in total. The third-order valence-electron chi connectivity index (χ3n) is 2.89. The molecule has 2 N–H and O–H groups in total. The summed E-state index contributed by atoms with van der Waals surface area (Å²) in [6.45, 7) is 0.702. The van der Waals surface area contributed by atoms with Gasteiger partial charge >= 0.3 is 0 Å². The van der Waals surface area contributed by atoms with Crippen molar-refractivity contribution in [3.63, 3.8) is 0 Å². The van der Waals surface area contributed by atoms with E-state index in [1.54, 1.807) is 19.2 Å². The Morgan fingerprint density at radius 2 is 2.44 bits per heavy atom. The minimum absolute atomic E-state index is 0.200. The topological polar surface area (TPSA) is 54.0 Å². The van der Waals surface area contributed by atoms with Crippen LogP contribution in [0.3, 0.4) is 0 Å². The van der Waals surface area contributed by atoms with Gasteiger partial charge in [0.05, 0.1) is 5.02 Å². The monoisotopic (exact) mass is 285 g/mol. The van der Waals surface area contributed by atoms with Gasteiger partial charge in [-0.1, -0.05) is 11.6 Å². The number of carbonyl (C=O) groups excluding carboxylic acids is 1. The van der Waals surface area contributed by atoms with Gasteiger partial charge in [0.2, 0.25) is 0 Å². The Balaban J connectivity index is 1.98. The van der Waals surface area contributed by atoms with Crippen molar-refractivity contribution in [2.24, 2.45) is 5.92 Å². The van der Waals surface area contributed by atoms with Crippen LogP contribution >= 0.6 is 23.4 Å². The van der Waals surface area contributed by atoms with Crippen molar-refractivity contribution < 1.29 is 4.79 Å². The van der Waals surface area contributed by atoms with Crippen LogP contribution in [0.2, 0.25) is 5.02 Å². The van der Waals surface area contributed by atoms with Gasteiger partial charge in [0.15, 0.2) is 0 Å². The molecule has 1 atom stereocenters. The second-order valence-electron chi connectivity index (χ2n) is 4.22. The van der Waals surface area contributed by atoms with E-state index in [9.17, 15) is 4.79 Å². The molecular formula is C12H16ClN3OS. The van der Waals surface area contributed by atoms with E-state index in [1.807, 2.05) is 11.8 Å². The number of anilines is 1. The Bertz CT molecular complexity index is 435. The second-order valence-corrected chi connectivity index (χ2v) is 5.77. The summed E-state index contributed by atoms with van der Waals surface area (Å²) in [5.74, 6) is 3.33. The van der Waals surface area contributed by atoms with E-state index in [2.05, 4.69) is 15.6 Å². The van der Waals surface area contributed by atoms with Crippen LogP contribution < -0.4 is 10.6 Å². The minimum atomic E-state index is -0.200. The number of aromatic nitrogens is 1. The van der Waals surface area contributed by atoms with Crippen LogP contribution in [0.5, 0.6) is 0 Å². The highest BCUT2D eigenvalue weighted by Gasteiger charge is 2.18. The standard InChI is InChI=1S/C12H16ClN3OS/c1-14-10-3-2-9(13)11(16-10)12(17)15-6-8-4-5-18-7-8/h2-3,8H,4-7H2,1H3,(H,14,16)(H,15,17). The van der Waals surface area contributed by atoms with Crippen LogP contribution in [0.15, 0.2) is 12.1 Å². The highest BCUT2D eigenvalue weighted by atomic mass is 35.5. The van der Waals surface area contributed by atoms with Crippen molar-refractivity contribution in [3.05, 3.63) is 22.8 Å². The SMILES string of the molecule is CNc1ccc(Cl)c(C(=O)NCC2CCSC2)n1. The summed E-state index contributed by atoms with van der Waals surface area (Å²) in [5.41, 5.74) is 0.286. The van der Waals surface area contributed by atoms with E-state index in [0.717, 1.165) is 5.75 Å². The Morgan fingerprint density at radius 1 is 1.61 bits per heavy atom. The number of hydrogen-bond acceptors (Lipinski definition) is 4. The number of halogens is 1. The molecule has 0 aromatic carbocycles. The summed E-state index contributed by atoms with van der Waals surface area (Å²) < 4.78 is 0. The lowest BCUT2D eigenvalue weighted by atomic mass is 10.1. The number of hydrogen-bond donors (Lipinski definition) is 2. The number of carbonyl (C=O) groups is 1. The molecule has 1 fully saturated rings. The summed E-state index contributed by atoms with van der Waals surface area (Å²) in [6, 6.07) is 3.42. The first-order valence-corrected chi connectivity index (χ1v) is 7.44. The molecule has 2 heterocycles. The second kappa shape index (κ2) is 6.29. The Morgan fingerprint density at radius 3 is 3.11 bits per heavy atom. The molecule has 0 bridgehead atoms. The molecule has 6 heteroatoms. The molecule has 0 aliphatic carbocycles. The molecule has 98 valence electrons. The fraction of sp³-hybridized carbons (Fsp3) is 0.500.